The first-order valence-electron chi connectivity index (χ1n) is 9.57. The van der Waals surface area contributed by atoms with Crippen LogP contribution in [0.4, 0.5) is 8.78 Å². The highest BCUT2D eigenvalue weighted by Gasteiger charge is 2.29. The average Bonchev–Trinajstić information content (AvgIpc) is 3.19. The van der Waals surface area contributed by atoms with Gasteiger partial charge in [-0.2, -0.15) is 5.26 Å². The third-order valence-corrected chi connectivity index (χ3v) is 4.61. The fourth-order valence-electron chi connectivity index (χ4n) is 3.08. The number of ether oxygens (including phenoxy) is 3. The van der Waals surface area contributed by atoms with Crippen molar-refractivity contribution in [2.45, 2.75) is 45.3 Å². The molecule has 0 saturated carbocycles. The maximum atomic E-state index is 13.8. The van der Waals surface area contributed by atoms with E-state index in [1.807, 2.05) is 13.0 Å². The van der Waals surface area contributed by atoms with E-state index in [9.17, 15) is 13.6 Å². The summed E-state index contributed by atoms with van der Waals surface area (Å²) in [6.45, 7) is 3.03. The molecule has 30 heavy (non-hydrogen) atoms. The molecule has 1 unspecified atom stereocenters. The molecule has 1 atom stereocenters. The molecule has 2 aromatic rings. The number of nitriles is 1. The van der Waals surface area contributed by atoms with E-state index in [-0.39, 0.29) is 30.6 Å². The number of rotatable bonds is 8. The minimum Gasteiger partial charge on any atom is -0.481 e. The van der Waals surface area contributed by atoms with Crippen LogP contribution >= 0.6 is 0 Å². The van der Waals surface area contributed by atoms with E-state index in [0.717, 1.165) is 11.6 Å². The van der Waals surface area contributed by atoms with E-state index in [2.05, 4.69) is 5.32 Å². The molecule has 6 nitrogen and oxygen atoms in total. The van der Waals surface area contributed by atoms with Gasteiger partial charge in [0.1, 0.15) is 5.75 Å². The van der Waals surface area contributed by atoms with E-state index >= 15 is 0 Å². The zero-order valence-electron chi connectivity index (χ0n) is 16.7. The zero-order chi connectivity index (χ0) is 21.7. The summed E-state index contributed by atoms with van der Waals surface area (Å²) in [4.78, 5) is 12.7. The summed E-state index contributed by atoms with van der Waals surface area (Å²) in [6.07, 6.45) is 0.218. The predicted octanol–water partition coefficient (Wildman–Crippen LogP) is 4.26. The Bertz CT molecular complexity index is 967. The van der Waals surface area contributed by atoms with Gasteiger partial charge in [0.15, 0.2) is 17.6 Å². The molecule has 2 aromatic carbocycles. The van der Waals surface area contributed by atoms with Crippen LogP contribution < -0.4 is 19.5 Å². The van der Waals surface area contributed by atoms with Gasteiger partial charge in [-0.1, -0.05) is 19.4 Å². The first kappa shape index (κ1) is 21.4. The number of halogens is 2. The Kier molecular flexibility index (Phi) is 6.40. The normalized spacial score (nSPS) is 13.4. The fourth-order valence-corrected chi connectivity index (χ4v) is 3.08. The van der Waals surface area contributed by atoms with Crippen molar-refractivity contribution >= 4 is 5.91 Å². The fraction of sp³-hybridized carbons (Fsp3) is 0.364. The summed E-state index contributed by atoms with van der Waals surface area (Å²) < 4.78 is 44.0. The van der Waals surface area contributed by atoms with Crippen LogP contribution in [0.15, 0.2) is 36.4 Å². The Morgan fingerprint density at radius 2 is 2.03 bits per heavy atom. The molecule has 0 spiro atoms. The maximum Gasteiger partial charge on any atom is 0.271 e. The van der Waals surface area contributed by atoms with Crippen LogP contribution in [-0.2, 0) is 17.3 Å². The molecular formula is C22H22F2N2O4. The molecule has 0 saturated heterocycles. The van der Waals surface area contributed by atoms with Gasteiger partial charge < -0.3 is 19.5 Å². The topological polar surface area (TPSA) is 80.6 Å². The van der Waals surface area contributed by atoms with Gasteiger partial charge in [-0.3, -0.25) is 4.79 Å². The summed E-state index contributed by atoms with van der Waals surface area (Å²) in [7, 11) is 0. The number of benzene rings is 2. The van der Waals surface area contributed by atoms with Gasteiger partial charge in [-0.25, -0.2) is 8.78 Å². The lowest BCUT2D eigenvalue weighted by molar-refractivity contribution is -0.128. The van der Waals surface area contributed by atoms with Gasteiger partial charge in [0.25, 0.3) is 11.8 Å². The number of amides is 1. The average molecular weight is 416 g/mol. The van der Waals surface area contributed by atoms with E-state index in [0.29, 0.717) is 31.3 Å². The predicted molar refractivity (Wildman–Crippen MR) is 104 cm³/mol. The first-order valence-corrected chi connectivity index (χ1v) is 9.57. The highest BCUT2D eigenvalue weighted by molar-refractivity contribution is 5.81. The number of fused-ring (bicyclic) bond motifs is 1. The smallest absolute Gasteiger partial charge is 0.271 e. The molecule has 1 N–H and O–H groups in total. The third-order valence-electron chi connectivity index (χ3n) is 4.61. The molecule has 158 valence electrons. The van der Waals surface area contributed by atoms with Gasteiger partial charge in [-0.15, -0.1) is 0 Å². The second-order valence-corrected chi connectivity index (χ2v) is 7.01. The maximum absolute atomic E-state index is 13.8. The summed E-state index contributed by atoms with van der Waals surface area (Å²) in [5.74, 6) is -2.17. The zero-order valence-corrected chi connectivity index (χ0v) is 16.7. The standard InChI is InChI=1S/C22H22F2N2O4/c1-3-4-19(30-16-7-6-15(11-25)17(10-16)22(2,23)24)21(27)26-12-14-5-8-18-20(9-14)29-13-28-18/h5-10,19H,3-4,12-13H2,1-2H3,(H,26,27). The van der Waals surface area contributed by atoms with Gasteiger partial charge in [0.2, 0.25) is 6.79 Å². The van der Waals surface area contributed by atoms with Crippen LogP contribution in [0.1, 0.15) is 43.4 Å². The number of carbonyl (C=O) groups is 1. The van der Waals surface area contributed by atoms with Crippen molar-refractivity contribution in [1.29, 1.82) is 5.26 Å². The van der Waals surface area contributed by atoms with Crippen LogP contribution in [0.2, 0.25) is 0 Å². The summed E-state index contributed by atoms with van der Waals surface area (Å²) in [5.41, 5.74) is 0.266. The van der Waals surface area contributed by atoms with Crippen molar-refractivity contribution in [3.8, 4) is 23.3 Å². The second-order valence-electron chi connectivity index (χ2n) is 7.01. The van der Waals surface area contributed by atoms with Crippen molar-refractivity contribution in [2.75, 3.05) is 6.79 Å². The van der Waals surface area contributed by atoms with Crippen LogP contribution in [0.5, 0.6) is 17.2 Å². The van der Waals surface area contributed by atoms with Gasteiger partial charge in [-0.05, 0) is 42.3 Å². The largest absolute Gasteiger partial charge is 0.481 e. The second kappa shape index (κ2) is 8.99. The molecule has 0 bridgehead atoms. The molecule has 1 aliphatic heterocycles. The SMILES string of the molecule is CCCC(Oc1ccc(C#N)c(C(C)(F)F)c1)C(=O)NCc1ccc2c(c1)OCO2. The van der Waals surface area contributed by atoms with Crippen molar-refractivity contribution in [3.63, 3.8) is 0 Å². The molecule has 0 aromatic heterocycles. The van der Waals surface area contributed by atoms with E-state index in [4.69, 9.17) is 19.5 Å². The van der Waals surface area contributed by atoms with Gasteiger partial charge in [0.05, 0.1) is 11.6 Å². The number of alkyl halides is 2. The van der Waals surface area contributed by atoms with E-state index in [1.54, 1.807) is 18.2 Å². The van der Waals surface area contributed by atoms with Crippen molar-refractivity contribution in [3.05, 3.63) is 53.1 Å². The number of hydrogen-bond donors (Lipinski definition) is 1. The molecule has 0 fully saturated rings. The minimum absolute atomic E-state index is 0.113. The molecule has 0 aliphatic carbocycles. The Balaban J connectivity index is 1.69. The molecule has 3 rings (SSSR count). The molecular weight excluding hydrogens is 394 g/mol. The van der Waals surface area contributed by atoms with Crippen molar-refractivity contribution in [1.82, 2.24) is 5.32 Å². The van der Waals surface area contributed by atoms with Gasteiger partial charge >= 0.3 is 0 Å². The monoisotopic (exact) mass is 416 g/mol. The minimum atomic E-state index is -3.20. The molecule has 1 amide bonds. The van der Waals surface area contributed by atoms with Crippen LogP contribution in [0, 0.1) is 11.3 Å². The number of carbonyl (C=O) groups excluding carboxylic acids is 1. The van der Waals surface area contributed by atoms with Crippen LogP contribution in [0.3, 0.4) is 0 Å². The first-order chi connectivity index (χ1) is 14.3. The lowest BCUT2D eigenvalue weighted by atomic mass is 10.0. The Morgan fingerprint density at radius 1 is 1.27 bits per heavy atom. The van der Waals surface area contributed by atoms with Crippen molar-refractivity contribution in [2.24, 2.45) is 0 Å². The summed E-state index contributed by atoms with van der Waals surface area (Å²) in [5, 5.41) is 11.9. The number of nitrogens with one attached hydrogen (secondary N) is 1. The molecule has 1 heterocycles. The molecule has 1 aliphatic rings. The quantitative estimate of drug-likeness (QED) is 0.695. The van der Waals surface area contributed by atoms with Crippen LogP contribution in [0.25, 0.3) is 0 Å². The highest BCUT2D eigenvalue weighted by atomic mass is 19.3. The lowest BCUT2D eigenvalue weighted by Gasteiger charge is -2.20. The van der Waals surface area contributed by atoms with Crippen LogP contribution in [-0.4, -0.2) is 18.8 Å². The summed E-state index contributed by atoms with van der Waals surface area (Å²) >= 11 is 0. The third kappa shape index (κ3) is 4.98. The molecule has 0 radical (unpaired) electrons. The van der Waals surface area contributed by atoms with E-state index in [1.165, 1.54) is 12.1 Å². The number of nitrogens with zero attached hydrogens (tertiary/aromatic N) is 1. The summed E-state index contributed by atoms with van der Waals surface area (Å²) in [6, 6.07) is 10.9. The highest BCUT2D eigenvalue weighted by Crippen LogP contribution is 2.33. The van der Waals surface area contributed by atoms with Crippen molar-refractivity contribution < 1.29 is 27.8 Å². The number of hydrogen-bond acceptors (Lipinski definition) is 5. The van der Waals surface area contributed by atoms with E-state index < -0.39 is 17.6 Å². The van der Waals surface area contributed by atoms with Gasteiger partial charge in [0, 0.05) is 19.0 Å². The Labute approximate surface area is 173 Å². The lowest BCUT2D eigenvalue weighted by Crippen LogP contribution is -2.38. The Morgan fingerprint density at radius 3 is 2.73 bits per heavy atom. The molecule has 8 heteroatoms. The Hall–Kier alpha value is -3.34.